The number of fused-ring (bicyclic) bond motifs is 2. The van der Waals surface area contributed by atoms with Gasteiger partial charge in [-0.25, -0.2) is 9.78 Å². The van der Waals surface area contributed by atoms with Crippen molar-refractivity contribution >= 4 is 40.6 Å². The van der Waals surface area contributed by atoms with Crippen molar-refractivity contribution < 1.29 is 19.4 Å². The predicted molar refractivity (Wildman–Crippen MR) is 141 cm³/mol. The van der Waals surface area contributed by atoms with Crippen LogP contribution in [0.4, 0.5) is 5.82 Å². The molecule has 5 rings (SSSR count). The minimum Gasteiger partial charge on any atom is -0.478 e. The highest BCUT2D eigenvalue weighted by Gasteiger charge is 2.23. The first kappa shape index (κ1) is 24.4. The van der Waals surface area contributed by atoms with E-state index in [0.717, 1.165) is 42.8 Å². The van der Waals surface area contributed by atoms with Gasteiger partial charge in [0.2, 0.25) is 6.79 Å². The van der Waals surface area contributed by atoms with Crippen molar-refractivity contribution in [1.29, 1.82) is 0 Å². The van der Waals surface area contributed by atoms with Crippen LogP contribution < -0.4 is 14.4 Å². The largest absolute Gasteiger partial charge is 0.478 e. The lowest BCUT2D eigenvalue weighted by Gasteiger charge is -2.35. The standard InChI is InChI=1S/C27H25Cl2N3O4/c28-18-5-7-24-22(15-18)20(23-16-19(29)6-8-25(23)36-17-35-24)4-2-10-31-11-13-32(14-12-31)26-21(27(33)34)3-1-9-30-26/h1,3-9,15-16H,2,10-14,17H2,(H,33,34). The van der Waals surface area contributed by atoms with Gasteiger partial charge in [-0.05, 0) is 60.5 Å². The first-order chi connectivity index (χ1) is 17.5. The molecule has 36 heavy (non-hydrogen) atoms. The van der Waals surface area contributed by atoms with Gasteiger partial charge in [0, 0.05) is 60.1 Å². The van der Waals surface area contributed by atoms with Gasteiger partial charge in [-0.3, -0.25) is 4.90 Å². The van der Waals surface area contributed by atoms with E-state index in [-0.39, 0.29) is 12.4 Å². The van der Waals surface area contributed by atoms with Crippen molar-refractivity contribution in [3.8, 4) is 11.5 Å². The summed E-state index contributed by atoms with van der Waals surface area (Å²) < 4.78 is 11.7. The smallest absolute Gasteiger partial charge is 0.339 e. The molecule has 0 bridgehead atoms. The van der Waals surface area contributed by atoms with Gasteiger partial charge in [-0.2, -0.15) is 0 Å². The number of rotatable bonds is 5. The minimum absolute atomic E-state index is 0.0979. The van der Waals surface area contributed by atoms with Crippen LogP contribution >= 0.6 is 23.2 Å². The first-order valence-electron chi connectivity index (χ1n) is 11.7. The maximum Gasteiger partial charge on any atom is 0.339 e. The van der Waals surface area contributed by atoms with Crippen LogP contribution in [0.25, 0.3) is 5.57 Å². The topological polar surface area (TPSA) is 75.1 Å². The Bertz CT molecular complexity index is 1250. The first-order valence-corrected chi connectivity index (χ1v) is 12.5. The van der Waals surface area contributed by atoms with Crippen LogP contribution in [0.2, 0.25) is 10.0 Å². The number of pyridine rings is 1. The number of piperazine rings is 1. The molecule has 7 nitrogen and oxygen atoms in total. The van der Waals surface area contributed by atoms with E-state index in [1.165, 1.54) is 0 Å². The van der Waals surface area contributed by atoms with Crippen LogP contribution in [0, 0.1) is 0 Å². The third kappa shape index (κ3) is 5.28. The Balaban J connectivity index is 1.33. The highest BCUT2D eigenvalue weighted by Crippen LogP contribution is 2.40. The van der Waals surface area contributed by atoms with Crippen LogP contribution in [-0.4, -0.2) is 60.5 Å². The summed E-state index contributed by atoms with van der Waals surface area (Å²) >= 11 is 12.7. The van der Waals surface area contributed by atoms with Crippen LogP contribution in [0.3, 0.4) is 0 Å². The Morgan fingerprint density at radius 2 is 1.61 bits per heavy atom. The van der Waals surface area contributed by atoms with Gasteiger partial charge >= 0.3 is 5.97 Å². The fourth-order valence-corrected chi connectivity index (χ4v) is 4.93. The van der Waals surface area contributed by atoms with E-state index in [0.29, 0.717) is 40.5 Å². The lowest BCUT2D eigenvalue weighted by molar-refractivity contribution is 0.0697. The zero-order chi connectivity index (χ0) is 25.1. The normalized spacial score (nSPS) is 15.6. The van der Waals surface area contributed by atoms with Crippen molar-refractivity contribution in [1.82, 2.24) is 9.88 Å². The number of carbonyl (C=O) groups is 1. The summed E-state index contributed by atoms with van der Waals surface area (Å²) in [6, 6.07) is 14.4. The number of hydrogen-bond donors (Lipinski definition) is 1. The molecule has 0 radical (unpaired) electrons. The quantitative estimate of drug-likeness (QED) is 0.473. The van der Waals surface area contributed by atoms with E-state index >= 15 is 0 Å². The number of aromatic carboxylic acids is 1. The molecule has 1 saturated heterocycles. The molecular weight excluding hydrogens is 501 g/mol. The fraction of sp³-hybridized carbons (Fsp3) is 0.259. The average Bonchev–Trinajstić information content (AvgIpc) is 2.88. The van der Waals surface area contributed by atoms with Crippen molar-refractivity contribution in [3.63, 3.8) is 0 Å². The lowest BCUT2D eigenvalue weighted by atomic mass is 9.95. The Labute approximate surface area is 219 Å². The van der Waals surface area contributed by atoms with E-state index in [9.17, 15) is 9.90 Å². The summed E-state index contributed by atoms with van der Waals surface area (Å²) in [5, 5.41) is 10.7. The number of benzene rings is 2. The molecule has 0 aliphatic carbocycles. The molecule has 0 unspecified atom stereocenters. The van der Waals surface area contributed by atoms with Gasteiger partial charge in [0.25, 0.3) is 0 Å². The molecule has 2 aliphatic rings. The summed E-state index contributed by atoms with van der Waals surface area (Å²) in [6.45, 7) is 4.00. The van der Waals surface area contributed by atoms with Crippen LogP contribution in [0.5, 0.6) is 11.5 Å². The second-order valence-electron chi connectivity index (χ2n) is 8.60. The number of carboxylic acids is 1. The van der Waals surface area contributed by atoms with E-state index in [1.54, 1.807) is 30.5 Å². The highest BCUT2D eigenvalue weighted by molar-refractivity contribution is 6.31. The molecule has 0 spiro atoms. The summed E-state index contributed by atoms with van der Waals surface area (Å²) in [7, 11) is 0. The molecule has 3 heterocycles. The molecule has 1 fully saturated rings. The lowest BCUT2D eigenvalue weighted by Crippen LogP contribution is -2.47. The van der Waals surface area contributed by atoms with Gasteiger partial charge < -0.3 is 19.5 Å². The zero-order valence-corrected chi connectivity index (χ0v) is 21.0. The third-order valence-corrected chi connectivity index (χ3v) is 6.85. The number of ether oxygens (including phenoxy) is 2. The summed E-state index contributed by atoms with van der Waals surface area (Å²) in [5.74, 6) is 0.979. The molecule has 0 saturated carbocycles. The molecule has 0 atom stereocenters. The second kappa shape index (κ2) is 10.8. The molecule has 186 valence electrons. The second-order valence-corrected chi connectivity index (χ2v) is 9.48. The Hall–Kier alpha value is -3.26. The van der Waals surface area contributed by atoms with Gasteiger partial charge in [-0.15, -0.1) is 0 Å². The molecule has 9 heteroatoms. The van der Waals surface area contributed by atoms with Crippen molar-refractivity contribution in [2.75, 3.05) is 44.4 Å². The molecule has 1 aromatic heterocycles. The number of aromatic nitrogens is 1. The number of hydrogen-bond acceptors (Lipinski definition) is 6. The summed E-state index contributed by atoms with van der Waals surface area (Å²) in [6.07, 6.45) is 4.60. The minimum atomic E-state index is -0.958. The van der Waals surface area contributed by atoms with Crippen LogP contribution in [0.15, 0.2) is 60.8 Å². The zero-order valence-electron chi connectivity index (χ0n) is 19.5. The Morgan fingerprint density at radius 3 is 2.22 bits per heavy atom. The molecule has 2 aromatic carbocycles. The van der Waals surface area contributed by atoms with E-state index < -0.39 is 5.97 Å². The summed E-state index contributed by atoms with van der Waals surface area (Å²) in [5.41, 5.74) is 2.99. The van der Waals surface area contributed by atoms with Crippen LogP contribution in [0.1, 0.15) is 27.9 Å². The fourth-order valence-electron chi connectivity index (χ4n) is 4.59. The van der Waals surface area contributed by atoms with Crippen molar-refractivity contribution in [2.45, 2.75) is 6.42 Å². The number of nitrogens with zero attached hydrogens (tertiary/aromatic N) is 3. The maximum absolute atomic E-state index is 11.6. The Morgan fingerprint density at radius 1 is 0.972 bits per heavy atom. The monoisotopic (exact) mass is 525 g/mol. The van der Waals surface area contributed by atoms with Crippen LogP contribution in [-0.2, 0) is 0 Å². The van der Waals surface area contributed by atoms with Crippen molar-refractivity contribution in [2.24, 2.45) is 0 Å². The summed E-state index contributed by atoms with van der Waals surface area (Å²) in [4.78, 5) is 20.3. The van der Waals surface area contributed by atoms with E-state index in [2.05, 4.69) is 16.0 Å². The highest BCUT2D eigenvalue weighted by atomic mass is 35.5. The predicted octanol–water partition coefficient (Wildman–Crippen LogP) is 5.46. The SMILES string of the molecule is O=C(O)c1cccnc1N1CCN(CCC=C2c3cc(Cl)ccc3OCOc3ccc(Cl)cc32)CC1. The molecular formula is C27H25Cl2N3O4. The number of halogens is 2. The van der Waals surface area contributed by atoms with Crippen molar-refractivity contribution in [3.05, 3.63) is 87.5 Å². The van der Waals surface area contributed by atoms with Gasteiger partial charge in [-0.1, -0.05) is 29.3 Å². The maximum atomic E-state index is 11.6. The average molecular weight is 526 g/mol. The third-order valence-electron chi connectivity index (χ3n) is 6.38. The van der Waals surface area contributed by atoms with Gasteiger partial charge in [0.1, 0.15) is 22.9 Å². The van der Waals surface area contributed by atoms with Gasteiger partial charge in [0.05, 0.1) is 0 Å². The number of carboxylic acid groups (broad SMARTS) is 1. The molecule has 1 N–H and O–H groups in total. The molecule has 0 amide bonds. The van der Waals surface area contributed by atoms with E-state index in [4.69, 9.17) is 32.7 Å². The van der Waals surface area contributed by atoms with Gasteiger partial charge in [0.15, 0.2) is 0 Å². The molecule has 2 aliphatic heterocycles. The van der Waals surface area contributed by atoms with E-state index in [1.807, 2.05) is 29.2 Å². The Kier molecular flexibility index (Phi) is 7.32. The number of anilines is 1. The molecule has 3 aromatic rings.